The Morgan fingerprint density at radius 1 is 1.33 bits per heavy atom. The molecule has 1 aromatic carbocycles. The van der Waals surface area contributed by atoms with Crippen molar-refractivity contribution in [2.24, 2.45) is 11.8 Å². The van der Waals surface area contributed by atoms with E-state index in [0.717, 1.165) is 0 Å². The number of hydrogen-bond donors (Lipinski definition) is 2. The Labute approximate surface area is 124 Å². The molecule has 0 aliphatic carbocycles. The lowest BCUT2D eigenvalue weighted by atomic mass is 9.96. The Bertz CT molecular complexity index is 546. The van der Waals surface area contributed by atoms with Gasteiger partial charge in [0.15, 0.2) is 0 Å². The number of aliphatic carboxylic acids is 1. The van der Waals surface area contributed by atoms with E-state index in [1.54, 1.807) is 45.2 Å². The third-order valence-electron chi connectivity index (χ3n) is 3.28. The van der Waals surface area contributed by atoms with Crippen LogP contribution in [0.25, 0.3) is 0 Å². The van der Waals surface area contributed by atoms with Crippen molar-refractivity contribution >= 4 is 17.7 Å². The first-order valence-electron chi connectivity index (χ1n) is 6.61. The number of anilines is 1. The molecule has 0 aromatic heterocycles. The number of urea groups is 1. The number of amides is 2. The summed E-state index contributed by atoms with van der Waals surface area (Å²) in [5.41, 5.74) is 1.14. The summed E-state index contributed by atoms with van der Waals surface area (Å²) in [7, 11) is 1.59. The predicted octanol–water partition coefficient (Wildman–Crippen LogP) is 2.06. The zero-order chi connectivity index (χ0) is 16.0. The van der Waals surface area contributed by atoms with Crippen molar-refractivity contribution < 1.29 is 14.7 Å². The fourth-order valence-corrected chi connectivity index (χ4v) is 1.80. The van der Waals surface area contributed by atoms with Crippen LogP contribution in [0.2, 0.25) is 0 Å². The van der Waals surface area contributed by atoms with Gasteiger partial charge in [-0.15, -0.1) is 0 Å². The maximum absolute atomic E-state index is 12.0. The summed E-state index contributed by atoms with van der Waals surface area (Å²) in [5.74, 6) is -1.61. The van der Waals surface area contributed by atoms with Crippen LogP contribution in [0.1, 0.15) is 19.4 Å². The zero-order valence-electron chi connectivity index (χ0n) is 12.3. The fraction of sp³-hybridized carbons (Fsp3) is 0.400. The van der Waals surface area contributed by atoms with E-state index in [4.69, 9.17) is 10.4 Å². The van der Waals surface area contributed by atoms with Gasteiger partial charge < -0.3 is 10.4 Å². The van der Waals surface area contributed by atoms with Crippen LogP contribution in [0.5, 0.6) is 0 Å². The smallest absolute Gasteiger partial charge is 0.321 e. The summed E-state index contributed by atoms with van der Waals surface area (Å²) in [4.78, 5) is 24.4. The summed E-state index contributed by atoms with van der Waals surface area (Å²) in [6.45, 7) is 3.68. The Balaban J connectivity index is 2.66. The number of rotatable bonds is 5. The third-order valence-corrected chi connectivity index (χ3v) is 3.28. The van der Waals surface area contributed by atoms with Gasteiger partial charge in [-0.3, -0.25) is 9.69 Å². The molecule has 0 saturated heterocycles. The largest absolute Gasteiger partial charge is 0.481 e. The summed E-state index contributed by atoms with van der Waals surface area (Å²) in [5, 5.41) is 20.4. The van der Waals surface area contributed by atoms with Gasteiger partial charge >= 0.3 is 12.0 Å². The number of nitriles is 1. The maximum atomic E-state index is 12.0. The molecule has 1 rings (SSSR count). The minimum atomic E-state index is -0.925. The van der Waals surface area contributed by atoms with E-state index in [0.29, 0.717) is 11.3 Å². The van der Waals surface area contributed by atoms with Gasteiger partial charge in [-0.1, -0.05) is 13.8 Å². The van der Waals surface area contributed by atoms with Crippen molar-refractivity contribution in [2.45, 2.75) is 13.8 Å². The fourth-order valence-electron chi connectivity index (χ4n) is 1.80. The Kier molecular flexibility index (Phi) is 5.73. The molecule has 6 heteroatoms. The predicted molar refractivity (Wildman–Crippen MR) is 78.9 cm³/mol. The van der Waals surface area contributed by atoms with Crippen LogP contribution in [-0.4, -0.2) is 30.7 Å². The van der Waals surface area contributed by atoms with Crippen LogP contribution in [0.4, 0.5) is 10.5 Å². The Morgan fingerprint density at radius 3 is 2.33 bits per heavy atom. The van der Waals surface area contributed by atoms with Crippen LogP contribution in [0, 0.1) is 23.2 Å². The molecule has 0 saturated carbocycles. The molecule has 2 amide bonds. The van der Waals surface area contributed by atoms with E-state index in [2.05, 4.69) is 5.32 Å². The molecule has 1 unspecified atom stereocenters. The molecule has 1 atom stereocenters. The van der Waals surface area contributed by atoms with Crippen LogP contribution in [0.15, 0.2) is 24.3 Å². The number of carboxylic acids is 1. The van der Waals surface area contributed by atoms with E-state index < -0.39 is 11.9 Å². The highest BCUT2D eigenvalue weighted by Crippen LogP contribution is 2.14. The average molecular weight is 289 g/mol. The van der Waals surface area contributed by atoms with Crippen molar-refractivity contribution in [1.29, 1.82) is 5.26 Å². The second-order valence-corrected chi connectivity index (χ2v) is 5.09. The highest BCUT2D eigenvalue weighted by Gasteiger charge is 2.22. The molecular formula is C15H19N3O3. The molecule has 0 aliphatic rings. The number of benzene rings is 1. The zero-order valence-corrected chi connectivity index (χ0v) is 12.3. The van der Waals surface area contributed by atoms with Gasteiger partial charge in [0.05, 0.1) is 17.6 Å². The van der Waals surface area contributed by atoms with Gasteiger partial charge in [0.2, 0.25) is 0 Å². The first-order valence-corrected chi connectivity index (χ1v) is 6.61. The first-order chi connectivity index (χ1) is 9.86. The monoisotopic (exact) mass is 289 g/mol. The number of nitrogens with zero attached hydrogens (tertiary/aromatic N) is 2. The molecule has 6 nitrogen and oxygen atoms in total. The van der Waals surface area contributed by atoms with Gasteiger partial charge in [-0.2, -0.15) is 5.26 Å². The van der Waals surface area contributed by atoms with Gasteiger partial charge in [-0.05, 0) is 30.2 Å². The lowest BCUT2D eigenvalue weighted by Crippen LogP contribution is -2.42. The lowest BCUT2D eigenvalue weighted by molar-refractivity contribution is -0.142. The molecule has 0 heterocycles. The van der Waals surface area contributed by atoms with Crippen molar-refractivity contribution in [2.75, 3.05) is 18.5 Å². The van der Waals surface area contributed by atoms with E-state index in [-0.39, 0.29) is 18.5 Å². The van der Waals surface area contributed by atoms with Crippen molar-refractivity contribution in [3.63, 3.8) is 0 Å². The van der Waals surface area contributed by atoms with Crippen molar-refractivity contribution in [3.8, 4) is 6.07 Å². The normalized spacial score (nSPS) is 11.6. The van der Waals surface area contributed by atoms with Crippen LogP contribution < -0.4 is 10.2 Å². The van der Waals surface area contributed by atoms with Gasteiger partial charge in [0.25, 0.3) is 0 Å². The van der Waals surface area contributed by atoms with E-state index >= 15 is 0 Å². The quantitative estimate of drug-likeness (QED) is 0.867. The molecule has 0 aliphatic heterocycles. The summed E-state index contributed by atoms with van der Waals surface area (Å²) in [6, 6.07) is 8.18. The SMILES string of the molecule is CC(C)C(CNC(=O)N(C)c1ccc(C#N)cc1)C(=O)O. The molecule has 112 valence electrons. The van der Waals surface area contributed by atoms with Crippen molar-refractivity contribution in [1.82, 2.24) is 5.32 Å². The highest BCUT2D eigenvalue weighted by molar-refractivity contribution is 5.91. The van der Waals surface area contributed by atoms with E-state index in [1.807, 2.05) is 6.07 Å². The molecule has 0 spiro atoms. The van der Waals surface area contributed by atoms with Crippen LogP contribution >= 0.6 is 0 Å². The molecule has 2 N–H and O–H groups in total. The molecule has 1 aromatic rings. The first kappa shape index (κ1) is 16.5. The summed E-state index contributed by atoms with van der Waals surface area (Å²) >= 11 is 0. The topological polar surface area (TPSA) is 93.4 Å². The van der Waals surface area contributed by atoms with E-state index in [9.17, 15) is 9.59 Å². The van der Waals surface area contributed by atoms with E-state index in [1.165, 1.54) is 4.90 Å². The van der Waals surface area contributed by atoms with Gasteiger partial charge in [0, 0.05) is 19.3 Å². The maximum Gasteiger partial charge on any atom is 0.321 e. The Hall–Kier alpha value is -2.55. The van der Waals surface area contributed by atoms with Crippen LogP contribution in [0.3, 0.4) is 0 Å². The standard InChI is InChI=1S/C15H19N3O3/c1-10(2)13(14(19)20)9-17-15(21)18(3)12-6-4-11(8-16)5-7-12/h4-7,10,13H,9H2,1-3H3,(H,17,21)(H,19,20). The molecular weight excluding hydrogens is 270 g/mol. The van der Waals surface area contributed by atoms with Gasteiger partial charge in [-0.25, -0.2) is 4.79 Å². The van der Waals surface area contributed by atoms with Crippen molar-refractivity contribution in [3.05, 3.63) is 29.8 Å². The van der Waals surface area contributed by atoms with Crippen LogP contribution in [-0.2, 0) is 4.79 Å². The molecule has 0 bridgehead atoms. The third kappa shape index (κ3) is 4.49. The summed E-state index contributed by atoms with van der Waals surface area (Å²) in [6.07, 6.45) is 0. The molecule has 21 heavy (non-hydrogen) atoms. The molecule has 0 fully saturated rings. The number of hydrogen-bond acceptors (Lipinski definition) is 3. The highest BCUT2D eigenvalue weighted by atomic mass is 16.4. The van der Waals surface area contributed by atoms with Gasteiger partial charge in [0.1, 0.15) is 0 Å². The summed E-state index contributed by atoms with van der Waals surface area (Å²) < 4.78 is 0. The average Bonchev–Trinajstić information content (AvgIpc) is 2.45. The minimum absolute atomic E-state index is 0.0666. The number of carbonyl (C=O) groups excluding carboxylic acids is 1. The lowest BCUT2D eigenvalue weighted by Gasteiger charge is -2.21. The second kappa shape index (κ2) is 7.29. The number of carbonyl (C=O) groups is 2. The number of carboxylic acid groups (broad SMARTS) is 1. The minimum Gasteiger partial charge on any atom is -0.481 e. The second-order valence-electron chi connectivity index (χ2n) is 5.09. The molecule has 0 radical (unpaired) electrons. The number of nitrogens with one attached hydrogen (secondary N) is 1. The Morgan fingerprint density at radius 2 is 1.90 bits per heavy atom.